The van der Waals surface area contributed by atoms with Gasteiger partial charge in [0.15, 0.2) is 0 Å². The molecule has 2 N–H and O–H groups in total. The number of rotatable bonds is 0. The maximum atomic E-state index is 8.63. The van der Waals surface area contributed by atoms with E-state index in [1.165, 1.54) is 23.7 Å². The zero-order valence-electron chi connectivity index (χ0n) is 22.2. The summed E-state index contributed by atoms with van der Waals surface area (Å²) >= 11 is 0. The van der Waals surface area contributed by atoms with Gasteiger partial charge in [0.2, 0.25) is 0 Å². The maximum Gasteiger partial charge on any atom is 0.115 e. The van der Waals surface area contributed by atoms with E-state index in [0.29, 0.717) is 11.5 Å². The monoisotopic (exact) mass is 460 g/mol. The summed E-state index contributed by atoms with van der Waals surface area (Å²) in [5.74, 6) is 5.44. The van der Waals surface area contributed by atoms with Gasteiger partial charge < -0.3 is 10.2 Å². The molecule has 0 spiro atoms. The number of hydrogen-bond acceptors (Lipinski definition) is 2. The third-order valence-electron chi connectivity index (χ3n) is 5.86. The molecular formula is C31H56O2. The highest BCUT2D eigenvalue weighted by Crippen LogP contribution is 2.58. The summed E-state index contributed by atoms with van der Waals surface area (Å²) in [5.41, 5.74) is 0. The summed E-state index contributed by atoms with van der Waals surface area (Å²) in [7, 11) is 0. The average molecular weight is 461 g/mol. The fraction of sp³-hybridized carbons (Fsp3) is 0.613. The number of hydrogen-bond donors (Lipinski definition) is 2. The van der Waals surface area contributed by atoms with Crippen LogP contribution in [0.25, 0.3) is 0 Å². The Bertz CT molecular complexity index is 543. The molecule has 3 aliphatic carbocycles. The van der Waals surface area contributed by atoms with Crippen LogP contribution >= 0.6 is 0 Å². The van der Waals surface area contributed by atoms with E-state index in [-0.39, 0.29) is 7.43 Å². The summed E-state index contributed by atoms with van der Waals surface area (Å²) in [5, 5.41) is 17.3. The zero-order valence-corrected chi connectivity index (χ0v) is 22.2. The number of fused-ring (bicyclic) bond motifs is 5. The third-order valence-corrected chi connectivity index (χ3v) is 5.86. The van der Waals surface area contributed by atoms with Gasteiger partial charge >= 0.3 is 0 Å². The van der Waals surface area contributed by atoms with Gasteiger partial charge in [-0.05, 0) is 80.0 Å². The van der Waals surface area contributed by atoms with Gasteiger partial charge in [-0.25, -0.2) is 0 Å². The van der Waals surface area contributed by atoms with Gasteiger partial charge in [-0.15, -0.1) is 0 Å². The Morgan fingerprint density at radius 3 is 1.06 bits per heavy atom. The fourth-order valence-corrected chi connectivity index (χ4v) is 4.87. The molecule has 2 aromatic carbocycles. The summed E-state index contributed by atoms with van der Waals surface area (Å²) in [6.07, 6.45) is 9.53. The first-order chi connectivity index (χ1) is 15.7. The van der Waals surface area contributed by atoms with Crippen LogP contribution in [0.1, 0.15) is 101 Å². The minimum atomic E-state index is 0. The van der Waals surface area contributed by atoms with Crippen LogP contribution in [0.2, 0.25) is 0 Å². The molecule has 3 fully saturated rings. The van der Waals surface area contributed by atoms with Gasteiger partial charge in [0, 0.05) is 0 Å². The average Bonchev–Trinajstić information content (AvgIpc) is 3.62. The van der Waals surface area contributed by atoms with Crippen LogP contribution in [-0.4, -0.2) is 10.2 Å². The van der Waals surface area contributed by atoms with Gasteiger partial charge in [0.25, 0.3) is 0 Å². The molecule has 4 atom stereocenters. The summed E-state index contributed by atoms with van der Waals surface area (Å²) < 4.78 is 0. The standard InChI is InChI=1S/C10H16.2C6H6O.4C2H6.CH4/c1-2-9-7-4-5-8(6-7)10(9)3-1;2*7-6-4-2-1-3-5-6;4*1-2;/h7-10H,1-6H2;2*1-5,7H;4*1-2H3;1H4. The van der Waals surface area contributed by atoms with Crippen LogP contribution in [0.4, 0.5) is 0 Å². The molecular weight excluding hydrogens is 404 g/mol. The van der Waals surface area contributed by atoms with Crippen molar-refractivity contribution >= 4 is 0 Å². The molecule has 2 bridgehead atoms. The first-order valence-electron chi connectivity index (χ1n) is 13.2. The summed E-state index contributed by atoms with van der Waals surface area (Å²) in [6, 6.07) is 17.4. The molecule has 4 unspecified atom stereocenters. The molecule has 0 aliphatic heterocycles. The molecule has 2 aromatic rings. The SMILES string of the molecule is C.C1CC2C3CCC(C3)C2C1.CC.CC.CC.CC.Oc1ccccc1.Oc1ccccc1. The molecule has 2 nitrogen and oxygen atoms in total. The Kier molecular flexibility index (Phi) is 26.6. The Morgan fingerprint density at radius 1 is 0.515 bits per heavy atom. The van der Waals surface area contributed by atoms with Crippen molar-refractivity contribution in [3.05, 3.63) is 60.7 Å². The lowest BCUT2D eigenvalue weighted by Gasteiger charge is -2.23. The first kappa shape index (κ1) is 35.6. The van der Waals surface area contributed by atoms with Crippen LogP contribution in [0.5, 0.6) is 11.5 Å². The van der Waals surface area contributed by atoms with Gasteiger partial charge in [-0.1, -0.05) is 106 Å². The molecule has 0 heterocycles. The fourth-order valence-electron chi connectivity index (χ4n) is 4.87. The maximum absolute atomic E-state index is 8.63. The number of benzene rings is 2. The molecule has 2 heteroatoms. The second kappa shape index (κ2) is 24.7. The Morgan fingerprint density at radius 2 is 0.818 bits per heavy atom. The second-order valence-electron chi connectivity index (χ2n) is 7.26. The Balaban J connectivity index is -0.000000357. The number of para-hydroxylation sites is 2. The van der Waals surface area contributed by atoms with Gasteiger partial charge in [0.1, 0.15) is 11.5 Å². The van der Waals surface area contributed by atoms with E-state index in [9.17, 15) is 0 Å². The van der Waals surface area contributed by atoms with E-state index in [1.54, 1.807) is 87.1 Å². The number of phenols is 2. The van der Waals surface area contributed by atoms with Crippen molar-refractivity contribution in [1.82, 2.24) is 0 Å². The largest absolute Gasteiger partial charge is 0.508 e. The quantitative estimate of drug-likeness (QED) is 0.410. The van der Waals surface area contributed by atoms with E-state index in [1.807, 2.05) is 67.5 Å². The Hall–Kier alpha value is -1.96. The van der Waals surface area contributed by atoms with E-state index >= 15 is 0 Å². The number of aromatic hydroxyl groups is 2. The van der Waals surface area contributed by atoms with E-state index in [4.69, 9.17) is 10.2 Å². The summed E-state index contributed by atoms with van der Waals surface area (Å²) in [6.45, 7) is 16.0. The predicted molar refractivity (Wildman–Crippen MR) is 150 cm³/mol. The minimum absolute atomic E-state index is 0. The second-order valence-corrected chi connectivity index (χ2v) is 7.26. The topological polar surface area (TPSA) is 40.5 Å². The highest BCUT2D eigenvalue weighted by atomic mass is 16.3. The molecule has 3 aliphatic rings. The van der Waals surface area contributed by atoms with Crippen LogP contribution < -0.4 is 0 Å². The highest BCUT2D eigenvalue weighted by Gasteiger charge is 2.48. The molecule has 33 heavy (non-hydrogen) atoms. The molecule has 5 rings (SSSR count). The molecule has 0 amide bonds. The van der Waals surface area contributed by atoms with Crippen molar-refractivity contribution in [3.8, 4) is 11.5 Å². The van der Waals surface area contributed by atoms with E-state index in [2.05, 4.69) is 0 Å². The van der Waals surface area contributed by atoms with Crippen LogP contribution in [0.15, 0.2) is 60.7 Å². The molecule has 0 saturated heterocycles. The van der Waals surface area contributed by atoms with E-state index < -0.39 is 0 Å². The first-order valence-corrected chi connectivity index (χ1v) is 13.2. The third kappa shape index (κ3) is 14.0. The predicted octanol–water partition coefficient (Wildman–Crippen LogP) is 10.4. The van der Waals surface area contributed by atoms with Crippen molar-refractivity contribution in [2.75, 3.05) is 0 Å². The van der Waals surface area contributed by atoms with Crippen molar-refractivity contribution in [2.24, 2.45) is 23.7 Å². The molecule has 0 radical (unpaired) electrons. The normalized spacial score (nSPS) is 21.8. The number of phenolic OH excluding ortho intramolecular Hbond substituents is 2. The lowest BCUT2D eigenvalue weighted by Crippen LogP contribution is -2.15. The van der Waals surface area contributed by atoms with Crippen molar-refractivity contribution in [2.45, 2.75) is 101 Å². The smallest absolute Gasteiger partial charge is 0.115 e. The van der Waals surface area contributed by atoms with Crippen LogP contribution in [0, 0.1) is 23.7 Å². The van der Waals surface area contributed by atoms with Crippen LogP contribution in [0.3, 0.4) is 0 Å². The zero-order chi connectivity index (χ0) is 24.8. The molecule has 3 saturated carbocycles. The van der Waals surface area contributed by atoms with Crippen molar-refractivity contribution in [3.63, 3.8) is 0 Å². The highest BCUT2D eigenvalue weighted by molar-refractivity contribution is 5.19. The lowest BCUT2D eigenvalue weighted by atomic mass is 9.82. The van der Waals surface area contributed by atoms with Gasteiger partial charge in [-0.2, -0.15) is 0 Å². The summed E-state index contributed by atoms with van der Waals surface area (Å²) in [4.78, 5) is 0. The minimum Gasteiger partial charge on any atom is -0.508 e. The Labute approximate surface area is 207 Å². The molecule has 0 aromatic heterocycles. The van der Waals surface area contributed by atoms with Gasteiger partial charge in [0.05, 0.1) is 0 Å². The van der Waals surface area contributed by atoms with E-state index in [0.717, 1.165) is 0 Å². The lowest BCUT2D eigenvalue weighted by molar-refractivity contribution is 0.259. The molecule has 192 valence electrons. The van der Waals surface area contributed by atoms with Crippen molar-refractivity contribution < 1.29 is 10.2 Å². The van der Waals surface area contributed by atoms with Crippen LogP contribution in [-0.2, 0) is 0 Å². The van der Waals surface area contributed by atoms with Gasteiger partial charge in [-0.3, -0.25) is 0 Å². The van der Waals surface area contributed by atoms with Crippen molar-refractivity contribution in [1.29, 1.82) is 0 Å².